The lowest BCUT2D eigenvalue weighted by Gasteiger charge is -2.34. The van der Waals surface area contributed by atoms with Crippen molar-refractivity contribution in [2.75, 3.05) is 19.6 Å². The fourth-order valence-electron chi connectivity index (χ4n) is 2.44. The molecule has 0 bridgehead atoms. The molecule has 1 aliphatic rings. The minimum Gasteiger partial charge on any atom is -0.337 e. The van der Waals surface area contributed by atoms with E-state index in [1.54, 1.807) is 18.3 Å². The number of aryl methyl sites for hydroxylation is 1. The topological polar surface area (TPSA) is 67.2 Å². The number of imidazole rings is 1. The Bertz CT molecular complexity index is 740. The Kier molecular flexibility index (Phi) is 4.06. The average molecular weight is 347 g/mol. The monoisotopic (exact) mass is 346 g/mol. The number of rotatable bonds is 3. The molecule has 2 aromatic rings. The SMILES string of the molecule is Cn1ccnc1C1CNCCN1S(=O)(=O)c1ccc(Cl)s1. The fraction of sp³-hybridized carbons (Fsp3) is 0.417. The smallest absolute Gasteiger partial charge is 0.253 e. The first kappa shape index (κ1) is 15.0. The van der Waals surface area contributed by atoms with Crippen LogP contribution in [0.4, 0.5) is 0 Å². The van der Waals surface area contributed by atoms with Crippen LogP contribution < -0.4 is 5.32 Å². The number of hydrogen-bond acceptors (Lipinski definition) is 5. The molecule has 21 heavy (non-hydrogen) atoms. The molecular weight excluding hydrogens is 332 g/mol. The van der Waals surface area contributed by atoms with Crippen molar-refractivity contribution < 1.29 is 8.42 Å². The average Bonchev–Trinajstić information content (AvgIpc) is 3.08. The van der Waals surface area contributed by atoms with Crippen molar-refractivity contribution >= 4 is 33.0 Å². The standard InChI is InChI=1S/C12H15ClN4O2S2/c1-16-6-5-15-12(16)9-8-14-4-7-17(9)21(18,19)11-3-2-10(13)20-11/h2-3,5-6,9,14H,4,7-8H2,1H3. The number of halogens is 1. The number of aromatic nitrogens is 2. The molecule has 114 valence electrons. The van der Waals surface area contributed by atoms with Crippen molar-refractivity contribution in [3.63, 3.8) is 0 Å². The summed E-state index contributed by atoms with van der Waals surface area (Å²) in [7, 11) is -1.69. The Hall–Kier alpha value is -0.930. The summed E-state index contributed by atoms with van der Waals surface area (Å²) >= 11 is 6.95. The Morgan fingerprint density at radius 1 is 1.48 bits per heavy atom. The molecule has 0 saturated carbocycles. The quantitative estimate of drug-likeness (QED) is 0.914. The van der Waals surface area contributed by atoms with E-state index >= 15 is 0 Å². The molecule has 0 aliphatic carbocycles. The second kappa shape index (κ2) is 5.69. The first-order valence-corrected chi connectivity index (χ1v) is 9.09. The van der Waals surface area contributed by atoms with Gasteiger partial charge in [0.2, 0.25) is 0 Å². The third-order valence-corrected chi connectivity index (χ3v) is 7.07. The molecule has 3 heterocycles. The van der Waals surface area contributed by atoms with Gasteiger partial charge in [0.25, 0.3) is 10.0 Å². The van der Waals surface area contributed by atoms with E-state index in [0.717, 1.165) is 17.2 Å². The highest BCUT2D eigenvalue weighted by Crippen LogP contribution is 2.32. The van der Waals surface area contributed by atoms with Gasteiger partial charge in [-0.3, -0.25) is 0 Å². The molecule has 1 saturated heterocycles. The van der Waals surface area contributed by atoms with Crippen LogP contribution >= 0.6 is 22.9 Å². The Labute approximate surface area is 132 Å². The summed E-state index contributed by atoms with van der Waals surface area (Å²) in [6, 6.07) is 2.85. The summed E-state index contributed by atoms with van der Waals surface area (Å²) in [5.41, 5.74) is 0. The first-order valence-electron chi connectivity index (χ1n) is 6.45. The van der Waals surface area contributed by atoms with Gasteiger partial charge in [-0.2, -0.15) is 4.31 Å². The minimum absolute atomic E-state index is 0.272. The second-order valence-electron chi connectivity index (χ2n) is 4.79. The number of nitrogens with zero attached hydrogens (tertiary/aromatic N) is 3. The summed E-state index contributed by atoms with van der Waals surface area (Å²) in [5.74, 6) is 0.730. The van der Waals surface area contributed by atoms with Crippen molar-refractivity contribution in [3.05, 3.63) is 34.7 Å². The summed E-state index contributed by atoms with van der Waals surface area (Å²) in [6.07, 6.45) is 3.49. The zero-order valence-corrected chi connectivity index (χ0v) is 13.7. The lowest BCUT2D eigenvalue weighted by molar-refractivity contribution is 0.259. The molecule has 2 aromatic heterocycles. The molecule has 1 unspecified atom stereocenters. The van der Waals surface area contributed by atoms with Gasteiger partial charge in [-0.1, -0.05) is 11.6 Å². The predicted molar refractivity (Wildman–Crippen MR) is 82.0 cm³/mol. The van der Waals surface area contributed by atoms with Gasteiger partial charge in [-0.05, 0) is 12.1 Å². The van der Waals surface area contributed by atoms with Crippen LogP contribution in [0.5, 0.6) is 0 Å². The highest BCUT2D eigenvalue weighted by Gasteiger charge is 2.37. The lowest BCUT2D eigenvalue weighted by atomic mass is 10.2. The predicted octanol–water partition coefficient (Wildman–Crippen LogP) is 1.47. The summed E-state index contributed by atoms with van der Waals surface area (Å²) in [5, 5.41) is 3.23. The molecule has 6 nitrogen and oxygen atoms in total. The van der Waals surface area contributed by atoms with Crippen molar-refractivity contribution in [3.8, 4) is 0 Å². The van der Waals surface area contributed by atoms with Crippen LogP contribution in [0.3, 0.4) is 0 Å². The van der Waals surface area contributed by atoms with Crippen LogP contribution in [0.25, 0.3) is 0 Å². The van der Waals surface area contributed by atoms with E-state index in [9.17, 15) is 8.42 Å². The molecule has 0 aromatic carbocycles. The molecular formula is C12H15ClN4O2S2. The van der Waals surface area contributed by atoms with E-state index in [4.69, 9.17) is 11.6 Å². The number of thiophene rings is 1. The molecule has 1 atom stereocenters. The van der Waals surface area contributed by atoms with Gasteiger partial charge in [0, 0.05) is 39.1 Å². The number of hydrogen-bond donors (Lipinski definition) is 1. The number of nitrogens with one attached hydrogen (secondary N) is 1. The maximum atomic E-state index is 12.8. The van der Waals surface area contributed by atoms with E-state index in [-0.39, 0.29) is 10.3 Å². The van der Waals surface area contributed by atoms with Crippen LogP contribution in [-0.2, 0) is 17.1 Å². The van der Waals surface area contributed by atoms with Gasteiger partial charge in [0.15, 0.2) is 0 Å². The highest BCUT2D eigenvalue weighted by molar-refractivity contribution is 7.91. The van der Waals surface area contributed by atoms with Crippen molar-refractivity contribution in [2.45, 2.75) is 10.3 Å². The van der Waals surface area contributed by atoms with Crippen molar-refractivity contribution in [1.29, 1.82) is 0 Å². The molecule has 0 radical (unpaired) electrons. The number of sulfonamides is 1. The molecule has 9 heteroatoms. The normalized spacial score (nSPS) is 20.8. The van der Waals surface area contributed by atoms with Gasteiger partial charge >= 0.3 is 0 Å². The molecule has 0 spiro atoms. The van der Waals surface area contributed by atoms with E-state index in [2.05, 4.69) is 10.3 Å². The van der Waals surface area contributed by atoms with Crippen molar-refractivity contribution in [1.82, 2.24) is 19.2 Å². The van der Waals surface area contributed by atoms with E-state index in [0.29, 0.717) is 24.0 Å². The van der Waals surface area contributed by atoms with Gasteiger partial charge < -0.3 is 9.88 Å². The van der Waals surface area contributed by atoms with Crippen molar-refractivity contribution in [2.24, 2.45) is 7.05 Å². The summed E-state index contributed by atoms with van der Waals surface area (Å²) < 4.78 is 29.8. The summed E-state index contributed by atoms with van der Waals surface area (Å²) in [6.45, 7) is 1.58. The third-order valence-electron chi connectivity index (χ3n) is 3.46. The lowest BCUT2D eigenvalue weighted by Crippen LogP contribution is -2.49. The second-order valence-corrected chi connectivity index (χ2v) is 8.62. The van der Waals surface area contributed by atoms with Gasteiger partial charge in [-0.15, -0.1) is 11.3 Å². The first-order chi connectivity index (χ1) is 10.00. The zero-order chi connectivity index (χ0) is 15.0. The van der Waals surface area contributed by atoms with Gasteiger partial charge in [0.05, 0.1) is 10.4 Å². The number of piperazine rings is 1. The summed E-state index contributed by atoms with van der Waals surface area (Å²) in [4.78, 5) is 4.30. The van der Waals surface area contributed by atoms with Gasteiger partial charge in [-0.25, -0.2) is 13.4 Å². The maximum absolute atomic E-state index is 12.8. The van der Waals surface area contributed by atoms with Crippen LogP contribution in [-0.4, -0.2) is 41.9 Å². The molecule has 1 fully saturated rings. The van der Waals surface area contributed by atoms with Crippen LogP contribution in [0.15, 0.2) is 28.7 Å². The molecule has 3 rings (SSSR count). The maximum Gasteiger partial charge on any atom is 0.253 e. The largest absolute Gasteiger partial charge is 0.337 e. The molecule has 0 amide bonds. The van der Waals surface area contributed by atoms with Crippen LogP contribution in [0, 0.1) is 0 Å². The minimum atomic E-state index is -3.56. The zero-order valence-electron chi connectivity index (χ0n) is 11.4. The van der Waals surface area contributed by atoms with Crippen LogP contribution in [0.1, 0.15) is 11.9 Å². The Balaban J connectivity index is 2.00. The molecule has 1 N–H and O–H groups in total. The third kappa shape index (κ3) is 2.74. The Morgan fingerprint density at radius 3 is 2.90 bits per heavy atom. The fourth-order valence-corrected chi connectivity index (χ4v) is 5.64. The Morgan fingerprint density at radius 2 is 2.29 bits per heavy atom. The van der Waals surface area contributed by atoms with Crippen LogP contribution in [0.2, 0.25) is 4.34 Å². The molecule has 1 aliphatic heterocycles. The van der Waals surface area contributed by atoms with E-state index in [1.807, 2.05) is 17.8 Å². The van der Waals surface area contributed by atoms with E-state index in [1.165, 1.54) is 4.31 Å². The van der Waals surface area contributed by atoms with E-state index < -0.39 is 10.0 Å². The highest BCUT2D eigenvalue weighted by atomic mass is 35.5. The van der Waals surface area contributed by atoms with Gasteiger partial charge in [0.1, 0.15) is 10.0 Å².